The summed E-state index contributed by atoms with van der Waals surface area (Å²) in [5.41, 5.74) is 0.378. The standard InChI is InChI=1S/C10H10N2O3S/c1-15-8-3-2-4-9-10(8)12-7(5-11)6-16(9,13)14/h2-4,7,12H,6H2,1H3. The molecular weight excluding hydrogens is 228 g/mol. The predicted octanol–water partition coefficient (Wildman–Crippen LogP) is 0.787. The van der Waals surface area contributed by atoms with E-state index >= 15 is 0 Å². The van der Waals surface area contributed by atoms with Crippen molar-refractivity contribution in [3.05, 3.63) is 18.2 Å². The van der Waals surface area contributed by atoms with Crippen LogP contribution in [0.3, 0.4) is 0 Å². The van der Waals surface area contributed by atoms with Crippen LogP contribution in [0, 0.1) is 11.3 Å². The molecule has 5 nitrogen and oxygen atoms in total. The maximum absolute atomic E-state index is 11.9. The van der Waals surface area contributed by atoms with Gasteiger partial charge in [0, 0.05) is 0 Å². The second-order valence-corrected chi connectivity index (χ2v) is 5.44. The van der Waals surface area contributed by atoms with Gasteiger partial charge >= 0.3 is 0 Å². The molecule has 1 aliphatic heterocycles. The molecule has 1 aromatic rings. The first-order chi connectivity index (χ1) is 7.58. The van der Waals surface area contributed by atoms with Crippen LogP contribution in [0.4, 0.5) is 5.69 Å². The summed E-state index contributed by atoms with van der Waals surface area (Å²) in [4.78, 5) is 0.193. The van der Waals surface area contributed by atoms with Crippen molar-refractivity contribution in [2.75, 3.05) is 18.2 Å². The number of anilines is 1. The summed E-state index contributed by atoms with van der Waals surface area (Å²) in [6.07, 6.45) is 0. The van der Waals surface area contributed by atoms with Crippen molar-refractivity contribution in [2.24, 2.45) is 0 Å². The molecule has 0 aromatic heterocycles. The quantitative estimate of drug-likeness (QED) is 0.782. The summed E-state index contributed by atoms with van der Waals surface area (Å²) < 4.78 is 28.8. The van der Waals surface area contributed by atoms with Crippen LogP contribution in [-0.4, -0.2) is 27.3 Å². The molecule has 0 fully saturated rings. The molecule has 0 bridgehead atoms. The Balaban J connectivity index is 2.65. The topological polar surface area (TPSA) is 79.2 Å². The minimum absolute atomic E-state index is 0.193. The van der Waals surface area contributed by atoms with Gasteiger partial charge in [0.05, 0.1) is 29.5 Å². The average Bonchev–Trinajstić information content (AvgIpc) is 2.27. The van der Waals surface area contributed by atoms with Crippen LogP contribution in [0.1, 0.15) is 0 Å². The van der Waals surface area contributed by atoms with Gasteiger partial charge in [-0.05, 0) is 12.1 Å². The van der Waals surface area contributed by atoms with E-state index in [1.54, 1.807) is 12.1 Å². The number of fused-ring (bicyclic) bond motifs is 1. The van der Waals surface area contributed by atoms with E-state index in [-0.39, 0.29) is 10.6 Å². The Hall–Kier alpha value is -1.74. The Morgan fingerprint density at radius 1 is 1.56 bits per heavy atom. The fraction of sp³-hybridized carbons (Fsp3) is 0.300. The van der Waals surface area contributed by atoms with E-state index < -0.39 is 15.9 Å². The zero-order chi connectivity index (χ0) is 11.8. The average molecular weight is 238 g/mol. The minimum atomic E-state index is -3.40. The number of rotatable bonds is 1. The first kappa shape index (κ1) is 10.8. The molecule has 0 saturated heterocycles. The van der Waals surface area contributed by atoms with Gasteiger partial charge < -0.3 is 10.1 Å². The van der Waals surface area contributed by atoms with Gasteiger partial charge in [-0.25, -0.2) is 8.42 Å². The summed E-state index contributed by atoms with van der Waals surface area (Å²) in [6, 6.07) is 5.95. The fourth-order valence-electron chi connectivity index (χ4n) is 1.68. The highest BCUT2D eigenvalue weighted by atomic mass is 32.2. The van der Waals surface area contributed by atoms with Crippen LogP contribution in [-0.2, 0) is 9.84 Å². The lowest BCUT2D eigenvalue weighted by molar-refractivity contribution is 0.415. The normalized spacial score (nSPS) is 21.4. The van der Waals surface area contributed by atoms with Gasteiger partial charge in [-0.2, -0.15) is 5.26 Å². The lowest BCUT2D eigenvalue weighted by atomic mass is 10.2. The number of nitrogens with zero attached hydrogens (tertiary/aromatic N) is 1. The van der Waals surface area contributed by atoms with E-state index in [4.69, 9.17) is 10.00 Å². The van der Waals surface area contributed by atoms with Gasteiger partial charge in [0.2, 0.25) is 0 Å². The summed E-state index contributed by atoms with van der Waals surface area (Å²) in [5.74, 6) is 0.227. The van der Waals surface area contributed by atoms with Gasteiger partial charge in [0.25, 0.3) is 0 Å². The van der Waals surface area contributed by atoms with Crippen molar-refractivity contribution in [3.8, 4) is 11.8 Å². The number of nitrogens with one attached hydrogen (secondary N) is 1. The summed E-state index contributed by atoms with van der Waals surface area (Å²) in [6.45, 7) is 0. The molecule has 1 aromatic carbocycles. The molecule has 0 amide bonds. The number of sulfone groups is 1. The minimum Gasteiger partial charge on any atom is -0.495 e. The molecule has 1 atom stereocenters. The van der Waals surface area contributed by atoms with Gasteiger partial charge in [-0.3, -0.25) is 0 Å². The number of benzene rings is 1. The van der Waals surface area contributed by atoms with Crippen molar-refractivity contribution in [1.82, 2.24) is 0 Å². The van der Waals surface area contributed by atoms with E-state index in [0.29, 0.717) is 11.4 Å². The molecule has 16 heavy (non-hydrogen) atoms. The molecule has 6 heteroatoms. The highest BCUT2D eigenvalue weighted by molar-refractivity contribution is 7.91. The van der Waals surface area contributed by atoms with Gasteiger partial charge in [-0.1, -0.05) is 6.07 Å². The Labute approximate surface area is 93.6 Å². The van der Waals surface area contributed by atoms with Crippen LogP contribution in [0.5, 0.6) is 5.75 Å². The first-order valence-electron chi connectivity index (χ1n) is 4.64. The van der Waals surface area contributed by atoms with E-state index in [1.807, 2.05) is 6.07 Å². The third-order valence-corrected chi connectivity index (χ3v) is 4.19. The second-order valence-electron chi connectivity index (χ2n) is 3.44. The van der Waals surface area contributed by atoms with Crippen LogP contribution in [0.25, 0.3) is 0 Å². The number of ether oxygens (including phenoxy) is 1. The van der Waals surface area contributed by atoms with Crippen LogP contribution >= 0.6 is 0 Å². The van der Waals surface area contributed by atoms with Gasteiger partial charge in [-0.15, -0.1) is 0 Å². The highest BCUT2D eigenvalue weighted by Crippen LogP contribution is 2.35. The third-order valence-electron chi connectivity index (χ3n) is 2.40. The maximum Gasteiger partial charge on any atom is 0.183 e. The predicted molar refractivity (Wildman–Crippen MR) is 58.1 cm³/mol. The molecule has 84 valence electrons. The smallest absolute Gasteiger partial charge is 0.183 e. The molecule has 1 aliphatic rings. The van der Waals surface area contributed by atoms with Crippen LogP contribution in [0.15, 0.2) is 23.1 Å². The lowest BCUT2D eigenvalue weighted by Crippen LogP contribution is -2.33. The largest absolute Gasteiger partial charge is 0.495 e. The molecule has 0 radical (unpaired) electrons. The van der Waals surface area contributed by atoms with Crippen LogP contribution in [0.2, 0.25) is 0 Å². The molecule has 1 unspecified atom stereocenters. The van der Waals surface area contributed by atoms with E-state index in [1.165, 1.54) is 13.2 Å². The SMILES string of the molecule is COc1cccc2c1NC(C#N)CS2(=O)=O. The monoisotopic (exact) mass is 238 g/mol. The van der Waals surface area contributed by atoms with E-state index in [0.717, 1.165) is 0 Å². The number of para-hydroxylation sites is 1. The highest BCUT2D eigenvalue weighted by Gasteiger charge is 2.31. The van der Waals surface area contributed by atoms with Crippen molar-refractivity contribution < 1.29 is 13.2 Å². The van der Waals surface area contributed by atoms with Crippen molar-refractivity contribution in [3.63, 3.8) is 0 Å². The fourth-order valence-corrected chi connectivity index (χ4v) is 3.21. The Bertz CT molecular complexity index is 560. The maximum atomic E-state index is 11.9. The molecule has 1 N–H and O–H groups in total. The van der Waals surface area contributed by atoms with E-state index in [2.05, 4.69) is 5.32 Å². The van der Waals surface area contributed by atoms with Gasteiger partial charge in [0.15, 0.2) is 9.84 Å². The van der Waals surface area contributed by atoms with Crippen molar-refractivity contribution in [2.45, 2.75) is 10.9 Å². The molecule has 2 rings (SSSR count). The second kappa shape index (κ2) is 3.68. The molecular formula is C10H10N2O3S. The molecule has 0 spiro atoms. The Kier molecular flexibility index (Phi) is 2.48. The zero-order valence-corrected chi connectivity index (χ0v) is 9.41. The van der Waals surface area contributed by atoms with Crippen molar-refractivity contribution >= 4 is 15.5 Å². The summed E-state index contributed by atoms with van der Waals surface area (Å²) in [5, 5.41) is 11.7. The molecule has 0 saturated carbocycles. The number of hydrogen-bond acceptors (Lipinski definition) is 5. The zero-order valence-electron chi connectivity index (χ0n) is 8.60. The third kappa shape index (κ3) is 1.59. The Morgan fingerprint density at radius 3 is 2.94 bits per heavy atom. The summed E-state index contributed by atoms with van der Waals surface area (Å²) in [7, 11) is -1.94. The van der Waals surface area contributed by atoms with Crippen molar-refractivity contribution in [1.29, 1.82) is 5.26 Å². The summed E-state index contributed by atoms with van der Waals surface area (Å²) >= 11 is 0. The molecule has 1 heterocycles. The number of methoxy groups -OCH3 is 1. The Morgan fingerprint density at radius 2 is 2.31 bits per heavy atom. The number of hydrogen-bond donors (Lipinski definition) is 1. The first-order valence-corrected chi connectivity index (χ1v) is 6.29. The molecule has 0 aliphatic carbocycles. The van der Waals surface area contributed by atoms with E-state index in [9.17, 15) is 8.42 Å². The van der Waals surface area contributed by atoms with Crippen LogP contribution < -0.4 is 10.1 Å². The lowest BCUT2D eigenvalue weighted by Gasteiger charge is -2.23. The number of nitriles is 1. The van der Waals surface area contributed by atoms with Gasteiger partial charge in [0.1, 0.15) is 11.8 Å².